The zero-order chi connectivity index (χ0) is 20.8. The lowest BCUT2D eigenvalue weighted by Crippen LogP contribution is -2.41. The number of hydrogen-bond acceptors (Lipinski definition) is 4. The van der Waals surface area contributed by atoms with Gasteiger partial charge in [-0.2, -0.15) is 0 Å². The van der Waals surface area contributed by atoms with E-state index in [0.29, 0.717) is 30.5 Å². The molecule has 2 aromatic carbocycles. The molecule has 0 saturated heterocycles. The molecule has 0 radical (unpaired) electrons. The van der Waals surface area contributed by atoms with Gasteiger partial charge in [-0.15, -0.1) is 0 Å². The van der Waals surface area contributed by atoms with Crippen molar-refractivity contribution in [1.29, 1.82) is 0 Å². The highest BCUT2D eigenvalue weighted by Crippen LogP contribution is 2.21. The number of amides is 1. The number of benzene rings is 2. The number of rotatable bonds is 9. The molecule has 1 unspecified atom stereocenters. The summed E-state index contributed by atoms with van der Waals surface area (Å²) in [5.41, 5.74) is 0.987. The first-order valence-electron chi connectivity index (χ1n) is 9.29. The van der Waals surface area contributed by atoms with E-state index in [4.69, 9.17) is 0 Å². The van der Waals surface area contributed by atoms with Crippen LogP contribution >= 0.6 is 0 Å². The SMILES string of the molecule is CCC(=O)Nc1ccc(S(=O)(=O)NCC(C)(O)CCc2ccccc2)c(C)c1. The molecule has 2 rings (SSSR count). The minimum Gasteiger partial charge on any atom is -0.389 e. The molecule has 1 amide bonds. The number of aryl methyl sites for hydroxylation is 2. The molecule has 0 aliphatic rings. The maximum absolute atomic E-state index is 12.7. The van der Waals surface area contributed by atoms with Crippen molar-refractivity contribution in [2.75, 3.05) is 11.9 Å². The summed E-state index contributed by atoms with van der Waals surface area (Å²) in [5, 5.41) is 13.3. The highest BCUT2D eigenvalue weighted by molar-refractivity contribution is 7.89. The summed E-state index contributed by atoms with van der Waals surface area (Å²) in [5.74, 6) is -0.136. The largest absolute Gasteiger partial charge is 0.389 e. The summed E-state index contributed by atoms with van der Waals surface area (Å²) in [6.45, 7) is 4.95. The van der Waals surface area contributed by atoms with E-state index >= 15 is 0 Å². The summed E-state index contributed by atoms with van der Waals surface area (Å²) in [7, 11) is -3.78. The van der Waals surface area contributed by atoms with Gasteiger partial charge >= 0.3 is 0 Å². The quantitative estimate of drug-likeness (QED) is 0.599. The molecule has 6 nitrogen and oxygen atoms in total. The summed E-state index contributed by atoms with van der Waals surface area (Å²) in [6, 6.07) is 14.4. The average molecular weight is 405 g/mol. The van der Waals surface area contributed by atoms with Gasteiger partial charge < -0.3 is 10.4 Å². The van der Waals surface area contributed by atoms with Crippen LogP contribution in [0.1, 0.15) is 37.8 Å². The molecule has 7 heteroatoms. The highest BCUT2D eigenvalue weighted by Gasteiger charge is 2.25. The lowest BCUT2D eigenvalue weighted by Gasteiger charge is -2.24. The summed E-state index contributed by atoms with van der Waals surface area (Å²) in [4.78, 5) is 11.6. The molecule has 152 valence electrons. The maximum atomic E-state index is 12.7. The van der Waals surface area contributed by atoms with E-state index in [0.717, 1.165) is 5.56 Å². The molecule has 1 atom stereocenters. The fourth-order valence-electron chi connectivity index (χ4n) is 2.75. The average Bonchev–Trinajstić information content (AvgIpc) is 2.66. The zero-order valence-corrected chi connectivity index (χ0v) is 17.3. The first-order chi connectivity index (χ1) is 13.1. The Labute approximate surface area is 167 Å². The minimum atomic E-state index is -3.78. The number of carbonyl (C=O) groups is 1. The molecule has 0 heterocycles. The third-order valence-corrected chi connectivity index (χ3v) is 6.07. The number of sulfonamides is 1. The lowest BCUT2D eigenvalue weighted by atomic mass is 9.97. The van der Waals surface area contributed by atoms with Gasteiger partial charge in [0.05, 0.1) is 10.5 Å². The predicted molar refractivity (Wildman–Crippen MR) is 111 cm³/mol. The Balaban J connectivity index is 2.01. The molecule has 0 spiro atoms. The molecule has 2 aromatic rings. The van der Waals surface area contributed by atoms with Crippen molar-refractivity contribution in [3.8, 4) is 0 Å². The number of nitrogens with one attached hydrogen (secondary N) is 2. The summed E-state index contributed by atoms with van der Waals surface area (Å²) >= 11 is 0. The van der Waals surface area contributed by atoms with Gasteiger partial charge in [-0.3, -0.25) is 4.79 Å². The van der Waals surface area contributed by atoms with Crippen LogP contribution in [-0.2, 0) is 21.2 Å². The highest BCUT2D eigenvalue weighted by atomic mass is 32.2. The molecule has 0 fully saturated rings. The zero-order valence-electron chi connectivity index (χ0n) is 16.5. The van der Waals surface area contributed by atoms with Crippen molar-refractivity contribution >= 4 is 21.6 Å². The van der Waals surface area contributed by atoms with E-state index in [2.05, 4.69) is 10.0 Å². The van der Waals surface area contributed by atoms with Gasteiger partial charge in [0.2, 0.25) is 15.9 Å². The van der Waals surface area contributed by atoms with Crippen molar-refractivity contribution in [3.05, 3.63) is 59.7 Å². The Kier molecular flexibility index (Phi) is 7.35. The second-order valence-corrected chi connectivity index (χ2v) is 8.92. The van der Waals surface area contributed by atoms with Crippen LogP contribution < -0.4 is 10.0 Å². The second kappa shape index (κ2) is 9.32. The van der Waals surface area contributed by atoms with E-state index in [1.807, 2.05) is 30.3 Å². The molecule has 0 saturated carbocycles. The van der Waals surface area contributed by atoms with Gasteiger partial charge in [-0.1, -0.05) is 37.3 Å². The van der Waals surface area contributed by atoms with Gasteiger partial charge in [0.25, 0.3) is 0 Å². The number of hydrogen-bond donors (Lipinski definition) is 3. The van der Waals surface area contributed by atoms with Crippen LogP contribution in [0, 0.1) is 6.92 Å². The molecular formula is C21H28N2O4S. The van der Waals surface area contributed by atoms with E-state index < -0.39 is 15.6 Å². The Morgan fingerprint density at radius 3 is 2.43 bits per heavy atom. The minimum absolute atomic E-state index is 0.0874. The first kappa shape index (κ1) is 22.1. The Bertz CT molecular complexity index is 909. The van der Waals surface area contributed by atoms with Crippen LogP contribution in [0.5, 0.6) is 0 Å². The molecule has 3 N–H and O–H groups in total. The second-order valence-electron chi connectivity index (χ2n) is 7.19. The Hall–Kier alpha value is -2.22. The van der Waals surface area contributed by atoms with Crippen LogP contribution in [0.15, 0.2) is 53.4 Å². The van der Waals surface area contributed by atoms with Crippen LogP contribution in [0.3, 0.4) is 0 Å². The fraction of sp³-hybridized carbons (Fsp3) is 0.381. The monoisotopic (exact) mass is 404 g/mol. The topological polar surface area (TPSA) is 95.5 Å². The van der Waals surface area contributed by atoms with E-state index in [1.54, 1.807) is 32.9 Å². The van der Waals surface area contributed by atoms with E-state index in [9.17, 15) is 18.3 Å². The van der Waals surface area contributed by atoms with E-state index in [1.165, 1.54) is 6.07 Å². The third kappa shape index (κ3) is 6.44. The maximum Gasteiger partial charge on any atom is 0.240 e. The Morgan fingerprint density at radius 2 is 1.82 bits per heavy atom. The van der Waals surface area contributed by atoms with Gasteiger partial charge in [0.15, 0.2) is 0 Å². The normalized spacial score (nSPS) is 13.7. The fourth-order valence-corrected chi connectivity index (χ4v) is 4.14. The van der Waals surface area contributed by atoms with Crippen molar-refractivity contribution in [2.45, 2.75) is 50.5 Å². The Morgan fingerprint density at radius 1 is 1.14 bits per heavy atom. The van der Waals surface area contributed by atoms with Crippen molar-refractivity contribution in [1.82, 2.24) is 4.72 Å². The number of carbonyl (C=O) groups excluding carboxylic acids is 1. The molecule has 0 bridgehead atoms. The van der Waals surface area contributed by atoms with Crippen LogP contribution in [0.4, 0.5) is 5.69 Å². The lowest BCUT2D eigenvalue weighted by molar-refractivity contribution is -0.115. The van der Waals surface area contributed by atoms with Gasteiger partial charge in [-0.25, -0.2) is 13.1 Å². The molecular weight excluding hydrogens is 376 g/mol. The van der Waals surface area contributed by atoms with Crippen molar-refractivity contribution in [2.24, 2.45) is 0 Å². The summed E-state index contributed by atoms with van der Waals surface area (Å²) < 4.78 is 27.8. The van der Waals surface area contributed by atoms with Gasteiger partial charge in [-0.05, 0) is 56.0 Å². The van der Waals surface area contributed by atoms with Gasteiger partial charge in [0, 0.05) is 18.7 Å². The van der Waals surface area contributed by atoms with Crippen molar-refractivity contribution < 1.29 is 18.3 Å². The first-order valence-corrected chi connectivity index (χ1v) is 10.8. The van der Waals surface area contributed by atoms with Crippen LogP contribution in [-0.4, -0.2) is 31.6 Å². The molecule has 0 aliphatic carbocycles. The standard InChI is InChI=1S/C21H28N2O4S/c1-4-20(24)23-18-10-11-19(16(2)14-18)28(26,27)22-15-21(3,25)13-12-17-8-6-5-7-9-17/h5-11,14,22,25H,4,12-13,15H2,1-3H3,(H,23,24). The van der Waals surface area contributed by atoms with Gasteiger partial charge in [0.1, 0.15) is 0 Å². The number of anilines is 1. The van der Waals surface area contributed by atoms with Crippen LogP contribution in [0.2, 0.25) is 0 Å². The molecule has 0 aliphatic heterocycles. The van der Waals surface area contributed by atoms with Crippen LogP contribution in [0.25, 0.3) is 0 Å². The molecule has 0 aromatic heterocycles. The molecule has 28 heavy (non-hydrogen) atoms. The third-order valence-electron chi connectivity index (χ3n) is 4.51. The number of aliphatic hydroxyl groups is 1. The summed E-state index contributed by atoms with van der Waals surface area (Å²) in [6.07, 6.45) is 1.43. The van der Waals surface area contributed by atoms with Crippen molar-refractivity contribution in [3.63, 3.8) is 0 Å². The van der Waals surface area contributed by atoms with E-state index in [-0.39, 0.29) is 17.3 Å². The predicted octanol–water partition coefficient (Wildman–Crippen LogP) is 3.01. The smallest absolute Gasteiger partial charge is 0.240 e.